The maximum Gasteiger partial charge on any atom is 0.242 e. The number of carbonyl (C=O) groups excluding carboxylic acids is 1. The van der Waals surface area contributed by atoms with Crippen LogP contribution in [-0.2, 0) is 11.3 Å². The molecule has 2 rings (SSSR count). The molecule has 0 saturated heterocycles. The highest BCUT2D eigenvalue weighted by Gasteiger charge is 2.12. The average molecular weight is 292 g/mol. The van der Waals surface area contributed by atoms with Crippen LogP contribution in [-0.4, -0.2) is 11.9 Å². The molecule has 1 amide bonds. The standard InChI is InChI=1S/C15H17FN2OS/c1-10-5-6-12(8-14(10)16)18-11(2)15(19)17-9-13-4-3-7-20-13/h3-8,11,18H,9H2,1-2H3,(H,17,19). The molecule has 2 N–H and O–H groups in total. The van der Waals surface area contributed by atoms with Gasteiger partial charge in [-0.05, 0) is 43.0 Å². The van der Waals surface area contributed by atoms with Gasteiger partial charge in [0.1, 0.15) is 11.9 Å². The summed E-state index contributed by atoms with van der Waals surface area (Å²) in [6.45, 7) is 3.97. The number of nitrogens with one attached hydrogen (secondary N) is 2. The van der Waals surface area contributed by atoms with Crippen LogP contribution in [0.4, 0.5) is 10.1 Å². The van der Waals surface area contributed by atoms with E-state index in [2.05, 4.69) is 10.6 Å². The molecule has 1 heterocycles. The number of thiophene rings is 1. The topological polar surface area (TPSA) is 41.1 Å². The molecule has 0 aliphatic rings. The number of aryl methyl sites for hydroxylation is 1. The molecule has 0 bridgehead atoms. The lowest BCUT2D eigenvalue weighted by atomic mass is 10.2. The second-order valence-corrected chi connectivity index (χ2v) is 5.66. The van der Waals surface area contributed by atoms with E-state index in [1.165, 1.54) is 6.07 Å². The molecule has 1 aromatic carbocycles. The van der Waals surface area contributed by atoms with E-state index in [0.29, 0.717) is 17.8 Å². The van der Waals surface area contributed by atoms with E-state index >= 15 is 0 Å². The summed E-state index contributed by atoms with van der Waals surface area (Å²) in [6, 6.07) is 8.35. The Morgan fingerprint density at radius 3 is 2.85 bits per heavy atom. The van der Waals surface area contributed by atoms with E-state index in [1.807, 2.05) is 17.5 Å². The molecule has 0 aliphatic carbocycles. The molecule has 0 fully saturated rings. The smallest absolute Gasteiger partial charge is 0.242 e. The molecule has 0 saturated carbocycles. The Balaban J connectivity index is 1.88. The van der Waals surface area contributed by atoms with Crippen LogP contribution in [0.3, 0.4) is 0 Å². The van der Waals surface area contributed by atoms with E-state index in [4.69, 9.17) is 0 Å². The van der Waals surface area contributed by atoms with Gasteiger partial charge in [-0.1, -0.05) is 12.1 Å². The highest BCUT2D eigenvalue weighted by Crippen LogP contribution is 2.14. The zero-order valence-electron chi connectivity index (χ0n) is 11.4. The fourth-order valence-electron chi connectivity index (χ4n) is 1.74. The second-order valence-electron chi connectivity index (χ2n) is 4.63. The van der Waals surface area contributed by atoms with Crippen LogP contribution >= 0.6 is 11.3 Å². The lowest BCUT2D eigenvalue weighted by Crippen LogP contribution is -2.37. The van der Waals surface area contributed by atoms with Crippen molar-refractivity contribution in [2.75, 3.05) is 5.32 Å². The summed E-state index contributed by atoms with van der Waals surface area (Å²) in [5, 5.41) is 7.81. The molecule has 5 heteroatoms. The van der Waals surface area contributed by atoms with Crippen LogP contribution in [0.15, 0.2) is 35.7 Å². The number of hydrogen-bond donors (Lipinski definition) is 2. The van der Waals surface area contributed by atoms with Crippen LogP contribution in [0.1, 0.15) is 17.4 Å². The van der Waals surface area contributed by atoms with Gasteiger partial charge in [-0.2, -0.15) is 0 Å². The maximum absolute atomic E-state index is 13.4. The van der Waals surface area contributed by atoms with Gasteiger partial charge < -0.3 is 10.6 Å². The third kappa shape index (κ3) is 3.81. The van der Waals surface area contributed by atoms with E-state index in [0.717, 1.165) is 4.88 Å². The van der Waals surface area contributed by atoms with E-state index in [-0.39, 0.29) is 11.7 Å². The number of anilines is 1. The molecule has 20 heavy (non-hydrogen) atoms. The number of carbonyl (C=O) groups is 1. The normalized spacial score (nSPS) is 11.9. The number of benzene rings is 1. The van der Waals surface area contributed by atoms with Gasteiger partial charge in [-0.25, -0.2) is 4.39 Å². The van der Waals surface area contributed by atoms with Crippen molar-refractivity contribution in [1.29, 1.82) is 0 Å². The van der Waals surface area contributed by atoms with Crippen molar-refractivity contribution in [3.8, 4) is 0 Å². The van der Waals surface area contributed by atoms with Crippen molar-refractivity contribution >= 4 is 22.9 Å². The van der Waals surface area contributed by atoms with Crippen molar-refractivity contribution < 1.29 is 9.18 Å². The monoisotopic (exact) mass is 292 g/mol. The van der Waals surface area contributed by atoms with Crippen LogP contribution < -0.4 is 10.6 Å². The minimum absolute atomic E-state index is 0.112. The molecule has 1 unspecified atom stereocenters. The summed E-state index contributed by atoms with van der Waals surface area (Å²) in [5.74, 6) is -0.388. The minimum atomic E-state index is -0.419. The summed E-state index contributed by atoms with van der Waals surface area (Å²) in [4.78, 5) is 13.0. The van der Waals surface area contributed by atoms with Crippen molar-refractivity contribution in [3.05, 3.63) is 52.0 Å². The predicted octanol–water partition coefficient (Wildman–Crippen LogP) is 3.31. The molecule has 1 aromatic heterocycles. The van der Waals surface area contributed by atoms with Gasteiger partial charge in [0.15, 0.2) is 0 Å². The Morgan fingerprint density at radius 1 is 1.40 bits per heavy atom. The van der Waals surface area contributed by atoms with Crippen molar-refractivity contribution in [2.24, 2.45) is 0 Å². The van der Waals surface area contributed by atoms with E-state index < -0.39 is 6.04 Å². The van der Waals surface area contributed by atoms with Gasteiger partial charge in [0.2, 0.25) is 5.91 Å². The Labute approximate surface area is 121 Å². The zero-order valence-corrected chi connectivity index (χ0v) is 12.3. The molecule has 3 nitrogen and oxygen atoms in total. The van der Waals surface area contributed by atoms with Gasteiger partial charge in [-0.3, -0.25) is 4.79 Å². The zero-order chi connectivity index (χ0) is 14.5. The first-order chi connectivity index (χ1) is 9.56. The first-order valence-corrected chi connectivity index (χ1v) is 7.27. The summed E-state index contributed by atoms with van der Waals surface area (Å²) >= 11 is 1.60. The molecule has 0 radical (unpaired) electrons. The number of halogens is 1. The fourth-order valence-corrected chi connectivity index (χ4v) is 2.38. The van der Waals surface area contributed by atoms with Crippen molar-refractivity contribution in [3.63, 3.8) is 0 Å². The second kappa shape index (κ2) is 6.52. The Bertz CT molecular complexity index is 584. The van der Waals surface area contributed by atoms with Crippen LogP contribution in [0, 0.1) is 12.7 Å². The number of hydrogen-bond acceptors (Lipinski definition) is 3. The van der Waals surface area contributed by atoms with Gasteiger partial charge in [0.05, 0.1) is 6.54 Å². The van der Waals surface area contributed by atoms with Crippen molar-refractivity contribution in [1.82, 2.24) is 5.32 Å². The number of amides is 1. The summed E-state index contributed by atoms with van der Waals surface area (Å²) in [5.41, 5.74) is 1.19. The molecular weight excluding hydrogens is 275 g/mol. The SMILES string of the molecule is Cc1ccc(NC(C)C(=O)NCc2cccs2)cc1F. The maximum atomic E-state index is 13.4. The molecule has 0 aliphatic heterocycles. The highest BCUT2D eigenvalue weighted by molar-refractivity contribution is 7.09. The quantitative estimate of drug-likeness (QED) is 0.887. The van der Waals surface area contributed by atoms with Gasteiger partial charge in [0.25, 0.3) is 0 Å². The lowest BCUT2D eigenvalue weighted by Gasteiger charge is -2.15. The third-order valence-corrected chi connectivity index (χ3v) is 3.84. The Morgan fingerprint density at radius 2 is 2.20 bits per heavy atom. The average Bonchev–Trinajstić information content (AvgIpc) is 2.93. The van der Waals surface area contributed by atoms with Crippen LogP contribution in [0.25, 0.3) is 0 Å². The first-order valence-electron chi connectivity index (χ1n) is 6.39. The predicted molar refractivity (Wildman–Crippen MR) is 80.4 cm³/mol. The van der Waals surface area contributed by atoms with E-state index in [9.17, 15) is 9.18 Å². The Kier molecular flexibility index (Phi) is 4.74. The number of rotatable bonds is 5. The Hall–Kier alpha value is -1.88. The summed E-state index contributed by atoms with van der Waals surface area (Å²) in [7, 11) is 0. The first kappa shape index (κ1) is 14.5. The molecule has 2 aromatic rings. The summed E-state index contributed by atoms with van der Waals surface area (Å²) < 4.78 is 13.4. The lowest BCUT2D eigenvalue weighted by molar-refractivity contribution is -0.121. The molecule has 106 valence electrons. The van der Waals surface area contributed by atoms with E-state index in [1.54, 1.807) is 37.3 Å². The van der Waals surface area contributed by atoms with Gasteiger partial charge in [0, 0.05) is 10.6 Å². The van der Waals surface area contributed by atoms with Crippen LogP contribution in [0.2, 0.25) is 0 Å². The highest BCUT2D eigenvalue weighted by atomic mass is 32.1. The summed E-state index contributed by atoms with van der Waals surface area (Å²) in [6.07, 6.45) is 0. The molecule has 1 atom stereocenters. The largest absolute Gasteiger partial charge is 0.374 e. The van der Waals surface area contributed by atoms with Crippen LogP contribution in [0.5, 0.6) is 0 Å². The van der Waals surface area contributed by atoms with Crippen molar-refractivity contribution in [2.45, 2.75) is 26.4 Å². The fraction of sp³-hybridized carbons (Fsp3) is 0.267. The molecule has 0 spiro atoms. The van der Waals surface area contributed by atoms with Gasteiger partial charge in [-0.15, -0.1) is 11.3 Å². The van der Waals surface area contributed by atoms with Gasteiger partial charge >= 0.3 is 0 Å². The molecular formula is C15H17FN2OS. The minimum Gasteiger partial charge on any atom is -0.374 e. The third-order valence-electron chi connectivity index (χ3n) is 2.97.